The SMILES string of the molecule is COc1ccc(CN(C)C(=O)c2ncccc2N)cc1F. The Balaban J connectivity index is 2.14. The number of aromatic nitrogens is 1. The lowest BCUT2D eigenvalue weighted by atomic mass is 10.2. The van der Waals surface area contributed by atoms with Crippen LogP contribution in [0.15, 0.2) is 36.5 Å². The molecule has 5 nitrogen and oxygen atoms in total. The van der Waals surface area contributed by atoms with E-state index in [1.807, 2.05) is 0 Å². The predicted octanol–water partition coefficient (Wildman–Crippen LogP) is 2.08. The summed E-state index contributed by atoms with van der Waals surface area (Å²) in [5, 5.41) is 0. The van der Waals surface area contributed by atoms with Crippen molar-refractivity contribution in [3.05, 3.63) is 53.6 Å². The minimum atomic E-state index is -0.465. The first-order valence-corrected chi connectivity index (χ1v) is 6.31. The van der Waals surface area contributed by atoms with E-state index in [-0.39, 0.29) is 23.9 Å². The van der Waals surface area contributed by atoms with Gasteiger partial charge in [0, 0.05) is 19.8 Å². The van der Waals surface area contributed by atoms with Crippen molar-refractivity contribution in [2.24, 2.45) is 0 Å². The number of halogens is 1. The summed E-state index contributed by atoms with van der Waals surface area (Å²) >= 11 is 0. The highest BCUT2D eigenvalue weighted by atomic mass is 19.1. The molecule has 21 heavy (non-hydrogen) atoms. The molecule has 0 fully saturated rings. The molecule has 2 aromatic rings. The summed E-state index contributed by atoms with van der Waals surface area (Å²) < 4.78 is 18.5. The second kappa shape index (κ2) is 6.21. The molecular weight excluding hydrogens is 273 g/mol. The molecule has 1 aromatic carbocycles. The van der Waals surface area contributed by atoms with Crippen molar-refractivity contribution in [3.63, 3.8) is 0 Å². The molecule has 2 N–H and O–H groups in total. The number of pyridine rings is 1. The zero-order chi connectivity index (χ0) is 15.4. The van der Waals surface area contributed by atoms with Crippen LogP contribution in [0.5, 0.6) is 5.75 Å². The molecule has 0 bridgehead atoms. The topological polar surface area (TPSA) is 68.5 Å². The monoisotopic (exact) mass is 289 g/mol. The molecule has 6 heteroatoms. The van der Waals surface area contributed by atoms with Crippen molar-refractivity contribution in [1.82, 2.24) is 9.88 Å². The Kier molecular flexibility index (Phi) is 4.37. The summed E-state index contributed by atoms with van der Waals surface area (Å²) in [6, 6.07) is 7.84. The number of rotatable bonds is 4. The summed E-state index contributed by atoms with van der Waals surface area (Å²) in [5.74, 6) is -0.612. The van der Waals surface area contributed by atoms with Crippen molar-refractivity contribution in [1.29, 1.82) is 0 Å². The van der Waals surface area contributed by atoms with E-state index in [4.69, 9.17) is 10.5 Å². The highest BCUT2D eigenvalue weighted by molar-refractivity contribution is 5.96. The summed E-state index contributed by atoms with van der Waals surface area (Å²) in [5.41, 5.74) is 6.88. The molecule has 1 amide bonds. The third-order valence-corrected chi connectivity index (χ3v) is 3.02. The Morgan fingerprint density at radius 1 is 1.43 bits per heavy atom. The molecule has 0 saturated carbocycles. The van der Waals surface area contributed by atoms with Crippen LogP contribution in [0.3, 0.4) is 0 Å². The van der Waals surface area contributed by atoms with E-state index < -0.39 is 5.82 Å². The van der Waals surface area contributed by atoms with Gasteiger partial charge >= 0.3 is 0 Å². The minimum Gasteiger partial charge on any atom is -0.494 e. The Morgan fingerprint density at radius 3 is 2.81 bits per heavy atom. The van der Waals surface area contributed by atoms with E-state index in [1.165, 1.54) is 30.3 Å². The average Bonchev–Trinajstić information content (AvgIpc) is 2.47. The smallest absolute Gasteiger partial charge is 0.274 e. The first kappa shape index (κ1) is 14.8. The maximum atomic E-state index is 13.6. The molecule has 110 valence electrons. The van der Waals surface area contributed by atoms with Crippen LogP contribution >= 0.6 is 0 Å². The molecule has 1 aromatic heterocycles. The van der Waals surface area contributed by atoms with E-state index in [1.54, 1.807) is 25.2 Å². The second-order valence-corrected chi connectivity index (χ2v) is 4.57. The van der Waals surface area contributed by atoms with Gasteiger partial charge in [-0.2, -0.15) is 0 Å². The van der Waals surface area contributed by atoms with Gasteiger partial charge in [0.1, 0.15) is 0 Å². The van der Waals surface area contributed by atoms with E-state index in [2.05, 4.69) is 4.98 Å². The van der Waals surface area contributed by atoms with Gasteiger partial charge in [-0.3, -0.25) is 4.79 Å². The number of benzene rings is 1. The molecule has 1 heterocycles. The normalized spacial score (nSPS) is 10.2. The number of carbonyl (C=O) groups is 1. The molecule has 0 atom stereocenters. The van der Waals surface area contributed by atoms with Gasteiger partial charge in [-0.15, -0.1) is 0 Å². The number of hydrogen-bond acceptors (Lipinski definition) is 4. The molecule has 0 spiro atoms. The largest absolute Gasteiger partial charge is 0.494 e. The standard InChI is InChI=1S/C15H16FN3O2/c1-19(15(20)14-12(17)4-3-7-18-14)9-10-5-6-13(21-2)11(16)8-10/h3-8H,9,17H2,1-2H3. The fourth-order valence-electron chi connectivity index (χ4n) is 1.93. The van der Waals surface area contributed by atoms with E-state index in [0.717, 1.165) is 0 Å². The maximum Gasteiger partial charge on any atom is 0.274 e. The van der Waals surface area contributed by atoms with Crippen LogP contribution in [0.2, 0.25) is 0 Å². The summed E-state index contributed by atoms with van der Waals surface area (Å²) in [4.78, 5) is 17.6. The Morgan fingerprint density at radius 2 is 2.19 bits per heavy atom. The van der Waals surface area contributed by atoms with E-state index in [9.17, 15) is 9.18 Å². The maximum absolute atomic E-state index is 13.6. The first-order chi connectivity index (χ1) is 10.0. The van der Waals surface area contributed by atoms with Crippen molar-refractivity contribution in [3.8, 4) is 5.75 Å². The summed E-state index contributed by atoms with van der Waals surface area (Å²) in [6.45, 7) is 0.246. The number of anilines is 1. The van der Waals surface area contributed by atoms with Gasteiger partial charge in [0.2, 0.25) is 0 Å². The van der Waals surface area contributed by atoms with Crippen molar-refractivity contribution < 1.29 is 13.9 Å². The third-order valence-electron chi connectivity index (χ3n) is 3.02. The molecule has 2 rings (SSSR count). The zero-order valence-corrected chi connectivity index (χ0v) is 11.8. The quantitative estimate of drug-likeness (QED) is 0.935. The summed E-state index contributed by atoms with van der Waals surface area (Å²) in [7, 11) is 3.01. The van der Waals surface area contributed by atoms with Crippen LogP contribution in [0.25, 0.3) is 0 Å². The van der Waals surface area contributed by atoms with Gasteiger partial charge in [0.25, 0.3) is 5.91 Å². The molecule has 0 aliphatic carbocycles. The number of hydrogen-bond donors (Lipinski definition) is 1. The van der Waals surface area contributed by atoms with Gasteiger partial charge in [0.05, 0.1) is 12.8 Å². The fraction of sp³-hybridized carbons (Fsp3) is 0.200. The molecule has 0 saturated heterocycles. The average molecular weight is 289 g/mol. The molecule has 0 aliphatic heterocycles. The lowest BCUT2D eigenvalue weighted by molar-refractivity contribution is 0.0780. The lowest BCUT2D eigenvalue weighted by Crippen LogP contribution is -2.27. The number of methoxy groups -OCH3 is 1. The summed E-state index contributed by atoms with van der Waals surface area (Å²) in [6.07, 6.45) is 1.50. The number of ether oxygens (including phenoxy) is 1. The van der Waals surface area contributed by atoms with Crippen molar-refractivity contribution >= 4 is 11.6 Å². The fourth-order valence-corrected chi connectivity index (χ4v) is 1.93. The molecular formula is C15H16FN3O2. The van der Waals surface area contributed by atoms with Crippen LogP contribution in [0, 0.1) is 5.82 Å². The van der Waals surface area contributed by atoms with E-state index in [0.29, 0.717) is 11.3 Å². The van der Waals surface area contributed by atoms with Crippen LogP contribution in [-0.2, 0) is 6.54 Å². The number of amides is 1. The third kappa shape index (κ3) is 3.28. The highest BCUT2D eigenvalue weighted by Crippen LogP contribution is 2.19. The van der Waals surface area contributed by atoms with Gasteiger partial charge in [-0.05, 0) is 29.8 Å². The van der Waals surface area contributed by atoms with Crippen LogP contribution in [0.4, 0.5) is 10.1 Å². The van der Waals surface area contributed by atoms with Gasteiger partial charge in [0.15, 0.2) is 17.3 Å². The minimum absolute atomic E-state index is 0.168. The van der Waals surface area contributed by atoms with E-state index >= 15 is 0 Å². The zero-order valence-electron chi connectivity index (χ0n) is 11.8. The highest BCUT2D eigenvalue weighted by Gasteiger charge is 2.16. The Hall–Kier alpha value is -2.63. The second-order valence-electron chi connectivity index (χ2n) is 4.57. The van der Waals surface area contributed by atoms with Crippen LogP contribution in [0.1, 0.15) is 16.1 Å². The number of nitrogens with two attached hydrogens (primary N) is 1. The van der Waals surface area contributed by atoms with Crippen molar-refractivity contribution in [2.75, 3.05) is 19.9 Å². The Bertz CT molecular complexity index is 661. The first-order valence-electron chi connectivity index (χ1n) is 6.31. The predicted molar refractivity (Wildman–Crippen MR) is 77.4 cm³/mol. The van der Waals surface area contributed by atoms with Gasteiger partial charge in [-0.1, -0.05) is 6.07 Å². The van der Waals surface area contributed by atoms with Gasteiger partial charge in [-0.25, -0.2) is 9.37 Å². The van der Waals surface area contributed by atoms with Crippen molar-refractivity contribution in [2.45, 2.75) is 6.54 Å². The Labute approximate surface area is 122 Å². The number of nitrogens with zero attached hydrogens (tertiary/aromatic N) is 2. The molecule has 0 aliphatic rings. The number of nitrogen functional groups attached to an aromatic ring is 1. The lowest BCUT2D eigenvalue weighted by Gasteiger charge is -2.18. The molecule has 0 radical (unpaired) electrons. The van der Waals surface area contributed by atoms with Crippen LogP contribution in [-0.4, -0.2) is 29.9 Å². The number of carbonyl (C=O) groups excluding carboxylic acids is 1. The molecule has 0 unspecified atom stereocenters. The van der Waals surface area contributed by atoms with Crippen LogP contribution < -0.4 is 10.5 Å². The van der Waals surface area contributed by atoms with Gasteiger partial charge < -0.3 is 15.4 Å².